The molecule has 2 aromatic carbocycles. The molecule has 1 aromatic heterocycles. The lowest BCUT2D eigenvalue weighted by Gasteiger charge is -2.14. The van der Waals surface area contributed by atoms with Crippen molar-refractivity contribution in [2.75, 3.05) is 0 Å². The number of hydrogen-bond donors (Lipinski definition) is 1. The quantitative estimate of drug-likeness (QED) is 0.779. The second kappa shape index (κ2) is 5.18. The molecule has 0 spiro atoms. The van der Waals surface area contributed by atoms with Crippen molar-refractivity contribution in [2.45, 2.75) is 6.10 Å². The van der Waals surface area contributed by atoms with Crippen LogP contribution in [-0.4, -0.2) is 10.1 Å². The van der Waals surface area contributed by atoms with E-state index in [9.17, 15) is 18.3 Å². The van der Waals surface area contributed by atoms with Crippen LogP contribution in [0.5, 0.6) is 0 Å². The van der Waals surface area contributed by atoms with E-state index < -0.39 is 29.1 Å². The van der Waals surface area contributed by atoms with Crippen LogP contribution in [0.25, 0.3) is 10.9 Å². The fourth-order valence-corrected chi connectivity index (χ4v) is 2.25. The number of aromatic nitrogens is 1. The summed E-state index contributed by atoms with van der Waals surface area (Å²) < 4.78 is 40.3. The first-order valence-electron chi connectivity index (χ1n) is 6.23. The molecule has 1 atom stereocenters. The van der Waals surface area contributed by atoms with Gasteiger partial charge in [0.25, 0.3) is 0 Å². The van der Waals surface area contributed by atoms with Crippen molar-refractivity contribution < 1.29 is 18.3 Å². The molecule has 0 aliphatic carbocycles. The zero-order chi connectivity index (χ0) is 15.0. The van der Waals surface area contributed by atoms with E-state index in [0.717, 1.165) is 5.39 Å². The molecule has 21 heavy (non-hydrogen) atoms. The minimum atomic E-state index is -1.52. The summed E-state index contributed by atoms with van der Waals surface area (Å²) in [6.45, 7) is 0. The summed E-state index contributed by atoms with van der Waals surface area (Å²) >= 11 is 0. The zero-order valence-electron chi connectivity index (χ0n) is 10.7. The van der Waals surface area contributed by atoms with E-state index in [1.165, 1.54) is 6.07 Å². The third kappa shape index (κ3) is 2.48. The Kier molecular flexibility index (Phi) is 3.35. The number of nitrogens with zero attached hydrogens (tertiary/aromatic N) is 1. The van der Waals surface area contributed by atoms with E-state index in [1.54, 1.807) is 30.5 Å². The number of rotatable bonds is 2. The molecule has 0 radical (unpaired) electrons. The molecule has 0 aliphatic rings. The van der Waals surface area contributed by atoms with Crippen molar-refractivity contribution in [3.63, 3.8) is 0 Å². The van der Waals surface area contributed by atoms with Crippen molar-refractivity contribution in [1.29, 1.82) is 0 Å². The summed E-state index contributed by atoms with van der Waals surface area (Å²) in [5.41, 5.74) is 0.438. The van der Waals surface area contributed by atoms with Crippen molar-refractivity contribution in [3.05, 3.63) is 77.2 Å². The number of pyridine rings is 1. The molecule has 0 aliphatic heterocycles. The van der Waals surface area contributed by atoms with Crippen molar-refractivity contribution in [1.82, 2.24) is 4.98 Å². The van der Waals surface area contributed by atoms with E-state index in [4.69, 9.17) is 0 Å². The van der Waals surface area contributed by atoms with E-state index in [-0.39, 0.29) is 0 Å². The summed E-state index contributed by atoms with van der Waals surface area (Å²) in [6.07, 6.45) is 0.104. The number of fused-ring (bicyclic) bond motifs is 1. The van der Waals surface area contributed by atoms with Crippen molar-refractivity contribution >= 4 is 10.9 Å². The van der Waals surface area contributed by atoms with Gasteiger partial charge in [-0.05, 0) is 23.8 Å². The molecule has 106 valence electrons. The van der Waals surface area contributed by atoms with Gasteiger partial charge in [0, 0.05) is 23.7 Å². The highest BCUT2D eigenvalue weighted by Crippen LogP contribution is 2.29. The van der Waals surface area contributed by atoms with Gasteiger partial charge in [-0.25, -0.2) is 13.2 Å². The Morgan fingerprint density at radius 2 is 1.67 bits per heavy atom. The summed E-state index contributed by atoms with van der Waals surface area (Å²) in [5.74, 6) is -3.26. The van der Waals surface area contributed by atoms with Gasteiger partial charge in [0.1, 0.15) is 23.6 Å². The standard InChI is InChI=1S/C16H10F3NO/c17-11-7-12(18)15(13(19)8-11)16(21)10-3-4-14-9(6-10)2-1-5-20-14/h1-8,16,21H. The van der Waals surface area contributed by atoms with Crippen LogP contribution in [0.1, 0.15) is 17.2 Å². The smallest absolute Gasteiger partial charge is 0.135 e. The molecule has 0 amide bonds. The summed E-state index contributed by atoms with van der Waals surface area (Å²) in [6, 6.07) is 9.35. The average molecular weight is 289 g/mol. The molecule has 0 bridgehead atoms. The molecule has 5 heteroatoms. The van der Waals surface area contributed by atoms with Crippen molar-refractivity contribution in [2.24, 2.45) is 0 Å². The number of benzene rings is 2. The molecule has 1 heterocycles. The second-order valence-electron chi connectivity index (χ2n) is 4.64. The highest BCUT2D eigenvalue weighted by Gasteiger charge is 2.21. The monoisotopic (exact) mass is 289 g/mol. The topological polar surface area (TPSA) is 33.1 Å². The molecular formula is C16H10F3NO. The van der Waals surface area contributed by atoms with Gasteiger partial charge in [-0.2, -0.15) is 0 Å². The molecule has 1 N–H and O–H groups in total. The average Bonchev–Trinajstić information content (AvgIpc) is 2.45. The van der Waals surface area contributed by atoms with Gasteiger partial charge in [-0.15, -0.1) is 0 Å². The van der Waals surface area contributed by atoms with Crippen LogP contribution in [0, 0.1) is 17.5 Å². The van der Waals surface area contributed by atoms with Gasteiger partial charge in [0.2, 0.25) is 0 Å². The van der Waals surface area contributed by atoms with Crippen LogP contribution in [0.3, 0.4) is 0 Å². The molecule has 2 nitrogen and oxygen atoms in total. The minimum Gasteiger partial charge on any atom is -0.383 e. The Morgan fingerprint density at radius 3 is 2.38 bits per heavy atom. The molecule has 0 fully saturated rings. The largest absolute Gasteiger partial charge is 0.383 e. The van der Waals surface area contributed by atoms with Crippen LogP contribution < -0.4 is 0 Å². The predicted octanol–water partition coefficient (Wildman–Crippen LogP) is 3.73. The number of aliphatic hydroxyl groups excluding tert-OH is 1. The summed E-state index contributed by atoms with van der Waals surface area (Å²) in [5, 5.41) is 10.9. The first kappa shape index (κ1) is 13.6. The number of hydrogen-bond acceptors (Lipinski definition) is 2. The predicted molar refractivity (Wildman–Crippen MR) is 72.1 cm³/mol. The maximum atomic E-state index is 13.7. The first-order valence-corrected chi connectivity index (χ1v) is 6.23. The molecule has 3 aromatic rings. The Labute approximate surface area is 118 Å². The zero-order valence-corrected chi connectivity index (χ0v) is 10.7. The normalized spacial score (nSPS) is 12.6. The molecule has 3 rings (SSSR count). The summed E-state index contributed by atoms with van der Waals surface area (Å²) in [4.78, 5) is 4.12. The van der Waals surface area contributed by atoms with Gasteiger partial charge in [-0.3, -0.25) is 4.98 Å². The second-order valence-corrected chi connectivity index (χ2v) is 4.64. The highest BCUT2D eigenvalue weighted by atomic mass is 19.1. The lowest BCUT2D eigenvalue weighted by Crippen LogP contribution is -2.06. The third-order valence-corrected chi connectivity index (χ3v) is 3.26. The van der Waals surface area contributed by atoms with Crippen LogP contribution in [0.4, 0.5) is 13.2 Å². The van der Waals surface area contributed by atoms with Crippen LogP contribution in [-0.2, 0) is 0 Å². The number of aliphatic hydroxyl groups is 1. The lowest BCUT2D eigenvalue weighted by molar-refractivity contribution is 0.209. The van der Waals surface area contributed by atoms with Crippen LogP contribution in [0.15, 0.2) is 48.7 Å². The van der Waals surface area contributed by atoms with E-state index in [2.05, 4.69) is 4.98 Å². The van der Waals surface area contributed by atoms with Gasteiger partial charge < -0.3 is 5.11 Å². The lowest BCUT2D eigenvalue weighted by atomic mass is 9.99. The van der Waals surface area contributed by atoms with Crippen LogP contribution in [0.2, 0.25) is 0 Å². The Bertz CT molecular complexity index is 796. The van der Waals surface area contributed by atoms with E-state index in [0.29, 0.717) is 23.2 Å². The first-order chi connectivity index (χ1) is 10.1. The van der Waals surface area contributed by atoms with Gasteiger partial charge in [-0.1, -0.05) is 12.1 Å². The maximum absolute atomic E-state index is 13.7. The van der Waals surface area contributed by atoms with Gasteiger partial charge in [0.15, 0.2) is 0 Å². The fraction of sp³-hybridized carbons (Fsp3) is 0.0625. The molecule has 0 saturated carbocycles. The minimum absolute atomic E-state index is 0.305. The van der Waals surface area contributed by atoms with E-state index >= 15 is 0 Å². The Balaban J connectivity index is 2.10. The molecular weight excluding hydrogens is 279 g/mol. The molecule has 1 unspecified atom stereocenters. The third-order valence-electron chi connectivity index (χ3n) is 3.26. The maximum Gasteiger partial charge on any atom is 0.135 e. The highest BCUT2D eigenvalue weighted by molar-refractivity contribution is 5.79. The van der Waals surface area contributed by atoms with Gasteiger partial charge in [0.05, 0.1) is 11.1 Å². The Hall–Kier alpha value is -2.40. The summed E-state index contributed by atoms with van der Waals surface area (Å²) in [7, 11) is 0. The Morgan fingerprint density at radius 1 is 0.952 bits per heavy atom. The van der Waals surface area contributed by atoms with E-state index in [1.807, 2.05) is 0 Å². The molecule has 0 saturated heterocycles. The van der Waals surface area contributed by atoms with Gasteiger partial charge >= 0.3 is 0 Å². The fourth-order valence-electron chi connectivity index (χ4n) is 2.25. The number of halogens is 3. The SMILES string of the molecule is OC(c1ccc2ncccc2c1)c1c(F)cc(F)cc1F. The van der Waals surface area contributed by atoms with Crippen molar-refractivity contribution in [3.8, 4) is 0 Å². The van der Waals surface area contributed by atoms with Crippen LogP contribution >= 0.6 is 0 Å².